The Balaban J connectivity index is 2.22. The molecule has 0 amide bonds. The molecule has 0 aromatic heterocycles. The summed E-state index contributed by atoms with van der Waals surface area (Å²) in [5.41, 5.74) is 1.01. The van der Waals surface area contributed by atoms with Crippen LogP contribution in [0.3, 0.4) is 0 Å². The van der Waals surface area contributed by atoms with Crippen molar-refractivity contribution in [1.82, 2.24) is 0 Å². The predicted octanol–water partition coefficient (Wildman–Crippen LogP) is 4.40. The van der Waals surface area contributed by atoms with Crippen LogP contribution in [0.5, 0.6) is 0 Å². The highest BCUT2D eigenvalue weighted by Gasteiger charge is 2.43. The van der Waals surface area contributed by atoms with Gasteiger partial charge in [-0.05, 0) is 42.7 Å². The maximum atomic E-state index is 14.3. The van der Waals surface area contributed by atoms with Gasteiger partial charge >= 0.3 is 0 Å². The van der Waals surface area contributed by atoms with Crippen LogP contribution >= 0.6 is 0 Å². The monoisotopic (exact) mass is 206 g/mol. The molecule has 1 aromatic rings. The fourth-order valence-electron chi connectivity index (χ4n) is 2.06. The second-order valence-electron chi connectivity index (χ2n) is 5.13. The van der Waals surface area contributed by atoms with Crippen LogP contribution in [0.2, 0.25) is 0 Å². The van der Waals surface area contributed by atoms with Gasteiger partial charge < -0.3 is 0 Å². The normalized spacial score (nSPS) is 20.3. The molecule has 1 unspecified atom stereocenters. The van der Waals surface area contributed by atoms with Gasteiger partial charge in [-0.25, -0.2) is 4.39 Å². The number of hydrogen-bond donors (Lipinski definition) is 0. The van der Waals surface area contributed by atoms with Gasteiger partial charge in [0.25, 0.3) is 0 Å². The van der Waals surface area contributed by atoms with E-state index in [1.54, 1.807) is 6.92 Å². The molecular weight excluding hydrogens is 187 g/mol. The van der Waals surface area contributed by atoms with E-state index in [4.69, 9.17) is 0 Å². The average molecular weight is 206 g/mol. The Hall–Kier alpha value is -0.850. The molecule has 0 aliphatic heterocycles. The second-order valence-corrected chi connectivity index (χ2v) is 5.13. The number of halogens is 1. The van der Waals surface area contributed by atoms with E-state index in [9.17, 15) is 4.39 Å². The summed E-state index contributed by atoms with van der Waals surface area (Å²) in [5, 5.41) is 0. The van der Waals surface area contributed by atoms with E-state index in [2.05, 4.69) is 26.0 Å². The molecule has 1 aliphatic rings. The molecule has 1 heteroatoms. The van der Waals surface area contributed by atoms with Gasteiger partial charge in [-0.3, -0.25) is 0 Å². The zero-order valence-corrected chi connectivity index (χ0v) is 9.76. The highest BCUT2D eigenvalue weighted by atomic mass is 19.1. The smallest absolute Gasteiger partial charge is 0.136 e. The van der Waals surface area contributed by atoms with Crippen LogP contribution in [0, 0.1) is 5.92 Å². The molecule has 15 heavy (non-hydrogen) atoms. The van der Waals surface area contributed by atoms with Crippen molar-refractivity contribution >= 4 is 0 Å². The van der Waals surface area contributed by atoms with Crippen LogP contribution in [0.25, 0.3) is 0 Å². The SMILES string of the molecule is CC(C)c1ccc(C(C)(F)C2CC2)cc1. The number of benzene rings is 1. The maximum Gasteiger partial charge on any atom is 0.136 e. The lowest BCUT2D eigenvalue weighted by Gasteiger charge is -2.21. The Bertz CT molecular complexity index is 331. The summed E-state index contributed by atoms with van der Waals surface area (Å²) < 4.78 is 14.3. The van der Waals surface area contributed by atoms with Crippen molar-refractivity contribution < 1.29 is 4.39 Å². The molecule has 1 aromatic carbocycles. The molecule has 0 bridgehead atoms. The van der Waals surface area contributed by atoms with Gasteiger partial charge in [-0.15, -0.1) is 0 Å². The maximum absolute atomic E-state index is 14.3. The van der Waals surface area contributed by atoms with E-state index < -0.39 is 5.67 Å². The minimum absolute atomic E-state index is 0.252. The minimum Gasteiger partial charge on any atom is -0.239 e. The van der Waals surface area contributed by atoms with Crippen molar-refractivity contribution in [2.75, 3.05) is 0 Å². The van der Waals surface area contributed by atoms with Crippen molar-refractivity contribution in [3.63, 3.8) is 0 Å². The van der Waals surface area contributed by atoms with Crippen molar-refractivity contribution in [2.45, 2.75) is 45.2 Å². The molecule has 82 valence electrons. The van der Waals surface area contributed by atoms with Crippen molar-refractivity contribution in [3.8, 4) is 0 Å². The number of hydrogen-bond acceptors (Lipinski definition) is 0. The summed E-state index contributed by atoms with van der Waals surface area (Å²) in [7, 11) is 0. The second kappa shape index (κ2) is 3.62. The summed E-state index contributed by atoms with van der Waals surface area (Å²) in [6.45, 7) is 6.03. The summed E-state index contributed by atoms with van der Waals surface area (Å²) in [6, 6.07) is 8.02. The Morgan fingerprint density at radius 3 is 2.13 bits per heavy atom. The molecule has 1 saturated carbocycles. The zero-order chi connectivity index (χ0) is 11.1. The molecular formula is C14H19F. The standard InChI is InChI=1S/C14H19F/c1-10(2)11-4-6-12(7-5-11)14(3,15)13-8-9-13/h4-7,10,13H,8-9H2,1-3H3. The van der Waals surface area contributed by atoms with E-state index in [0.29, 0.717) is 5.92 Å². The highest BCUT2D eigenvalue weighted by molar-refractivity contribution is 5.29. The average Bonchev–Trinajstić information content (AvgIpc) is 3.01. The van der Waals surface area contributed by atoms with Gasteiger partial charge in [0.05, 0.1) is 0 Å². The van der Waals surface area contributed by atoms with Crippen molar-refractivity contribution in [1.29, 1.82) is 0 Å². The molecule has 1 atom stereocenters. The number of rotatable bonds is 3. The Kier molecular flexibility index (Phi) is 2.57. The minimum atomic E-state index is -1.12. The van der Waals surface area contributed by atoms with Crippen LogP contribution < -0.4 is 0 Å². The van der Waals surface area contributed by atoms with Gasteiger partial charge in [0.1, 0.15) is 5.67 Å². The molecule has 0 heterocycles. The highest BCUT2D eigenvalue weighted by Crippen LogP contribution is 2.48. The summed E-state index contributed by atoms with van der Waals surface area (Å²) in [6.07, 6.45) is 2.08. The van der Waals surface area contributed by atoms with E-state index in [1.807, 2.05) is 12.1 Å². The van der Waals surface area contributed by atoms with Crippen LogP contribution in [0.1, 0.15) is 50.7 Å². The molecule has 0 N–H and O–H groups in total. The Morgan fingerprint density at radius 2 is 1.73 bits per heavy atom. The number of alkyl halides is 1. The Labute approximate surface area is 91.5 Å². The first kappa shape index (κ1) is 10.7. The fourth-order valence-corrected chi connectivity index (χ4v) is 2.06. The molecule has 0 spiro atoms. The van der Waals surface area contributed by atoms with Gasteiger partial charge in [-0.1, -0.05) is 38.1 Å². The summed E-state index contributed by atoms with van der Waals surface area (Å²) in [4.78, 5) is 0. The lowest BCUT2D eigenvalue weighted by atomic mass is 9.91. The molecule has 0 saturated heterocycles. The molecule has 1 aliphatic carbocycles. The quantitative estimate of drug-likeness (QED) is 0.687. The first-order valence-electron chi connectivity index (χ1n) is 5.81. The predicted molar refractivity (Wildman–Crippen MR) is 61.7 cm³/mol. The van der Waals surface area contributed by atoms with E-state index >= 15 is 0 Å². The van der Waals surface area contributed by atoms with Crippen LogP contribution in [0.4, 0.5) is 4.39 Å². The van der Waals surface area contributed by atoms with Crippen LogP contribution in [0.15, 0.2) is 24.3 Å². The van der Waals surface area contributed by atoms with E-state index in [1.165, 1.54) is 5.56 Å². The van der Waals surface area contributed by atoms with E-state index in [-0.39, 0.29) is 5.92 Å². The van der Waals surface area contributed by atoms with Gasteiger partial charge in [0, 0.05) is 0 Å². The first-order chi connectivity index (χ1) is 7.01. The lowest BCUT2D eigenvalue weighted by molar-refractivity contribution is 0.158. The molecule has 0 radical (unpaired) electrons. The van der Waals surface area contributed by atoms with Crippen molar-refractivity contribution in [3.05, 3.63) is 35.4 Å². The molecule has 1 fully saturated rings. The first-order valence-corrected chi connectivity index (χ1v) is 5.81. The van der Waals surface area contributed by atoms with Crippen LogP contribution in [-0.4, -0.2) is 0 Å². The third kappa shape index (κ3) is 2.06. The third-order valence-electron chi connectivity index (χ3n) is 3.49. The lowest BCUT2D eigenvalue weighted by Crippen LogP contribution is -2.17. The van der Waals surface area contributed by atoms with Gasteiger partial charge in [0.15, 0.2) is 0 Å². The topological polar surface area (TPSA) is 0 Å². The summed E-state index contributed by atoms with van der Waals surface area (Å²) in [5.74, 6) is 0.772. The third-order valence-corrected chi connectivity index (χ3v) is 3.49. The molecule has 2 rings (SSSR count). The summed E-state index contributed by atoms with van der Waals surface area (Å²) >= 11 is 0. The van der Waals surface area contributed by atoms with Gasteiger partial charge in [-0.2, -0.15) is 0 Å². The zero-order valence-electron chi connectivity index (χ0n) is 9.76. The largest absolute Gasteiger partial charge is 0.239 e. The van der Waals surface area contributed by atoms with Gasteiger partial charge in [0.2, 0.25) is 0 Å². The van der Waals surface area contributed by atoms with E-state index in [0.717, 1.165) is 18.4 Å². The fraction of sp³-hybridized carbons (Fsp3) is 0.571. The Morgan fingerprint density at radius 1 is 1.20 bits per heavy atom. The van der Waals surface area contributed by atoms with Crippen molar-refractivity contribution in [2.24, 2.45) is 5.92 Å². The van der Waals surface area contributed by atoms with Crippen LogP contribution in [-0.2, 0) is 5.67 Å². The molecule has 0 nitrogen and oxygen atoms in total.